The number of aliphatic hydroxyl groups excluding tert-OH is 2. The van der Waals surface area contributed by atoms with E-state index >= 15 is 0 Å². The Hall–Kier alpha value is -0.500. The van der Waals surface area contributed by atoms with Gasteiger partial charge in [0.1, 0.15) is 0 Å². The molecule has 0 fully saturated rings. The zero-order chi connectivity index (χ0) is 10.5. The lowest BCUT2D eigenvalue weighted by Crippen LogP contribution is -1.84. The molecule has 14 heavy (non-hydrogen) atoms. The molecule has 0 unspecified atom stereocenters. The van der Waals surface area contributed by atoms with Gasteiger partial charge in [-0.05, 0) is 19.3 Å². The van der Waals surface area contributed by atoms with Crippen molar-refractivity contribution in [3.05, 3.63) is 12.3 Å². The second-order valence-corrected chi connectivity index (χ2v) is 3.73. The molecule has 84 valence electrons. The van der Waals surface area contributed by atoms with Crippen LogP contribution in [0.5, 0.6) is 0 Å². The lowest BCUT2D eigenvalue weighted by Gasteiger charge is -2.00. The van der Waals surface area contributed by atoms with Gasteiger partial charge in [-0.3, -0.25) is 0 Å². The maximum atomic E-state index is 8.56. The normalized spacial score (nSPS) is 11.2. The quantitative estimate of drug-likeness (QED) is 0.418. The molecule has 0 rings (SSSR count). The highest BCUT2D eigenvalue weighted by Gasteiger charge is 1.91. The van der Waals surface area contributed by atoms with Gasteiger partial charge in [0.05, 0.1) is 6.26 Å². The second kappa shape index (κ2) is 12.5. The van der Waals surface area contributed by atoms with Gasteiger partial charge in [-0.25, -0.2) is 0 Å². The molecule has 0 aromatic rings. The summed E-state index contributed by atoms with van der Waals surface area (Å²) in [4.78, 5) is 0. The van der Waals surface area contributed by atoms with E-state index < -0.39 is 0 Å². The number of aliphatic hydroxyl groups is 2. The molecule has 0 atom stereocenters. The van der Waals surface area contributed by atoms with Crippen molar-refractivity contribution in [2.24, 2.45) is 0 Å². The Morgan fingerprint density at radius 1 is 0.714 bits per heavy atom. The van der Waals surface area contributed by atoms with Gasteiger partial charge in [0, 0.05) is 6.61 Å². The van der Waals surface area contributed by atoms with Crippen LogP contribution in [0.2, 0.25) is 0 Å². The Labute approximate surface area is 87.7 Å². The number of rotatable bonds is 10. The number of hydrogen-bond acceptors (Lipinski definition) is 2. The molecule has 0 spiro atoms. The molecular formula is C12H24O2. The van der Waals surface area contributed by atoms with Gasteiger partial charge in [0.15, 0.2) is 0 Å². The van der Waals surface area contributed by atoms with Crippen molar-refractivity contribution in [3.8, 4) is 0 Å². The lowest BCUT2D eigenvalue weighted by atomic mass is 10.1. The average molecular weight is 200 g/mol. The highest BCUT2D eigenvalue weighted by Crippen LogP contribution is 2.09. The summed E-state index contributed by atoms with van der Waals surface area (Å²) >= 11 is 0. The summed E-state index contributed by atoms with van der Waals surface area (Å²) in [6, 6.07) is 0. The second-order valence-electron chi connectivity index (χ2n) is 3.73. The summed E-state index contributed by atoms with van der Waals surface area (Å²) in [5, 5.41) is 17.0. The first-order valence-electron chi connectivity index (χ1n) is 5.82. The minimum absolute atomic E-state index is 0.341. The van der Waals surface area contributed by atoms with E-state index in [-0.39, 0.29) is 0 Å². The van der Waals surface area contributed by atoms with Crippen molar-refractivity contribution in [1.29, 1.82) is 0 Å². The third-order valence-electron chi connectivity index (χ3n) is 2.38. The largest absolute Gasteiger partial charge is 0.516 e. The molecule has 2 heteroatoms. The van der Waals surface area contributed by atoms with E-state index in [1.807, 2.05) is 0 Å². The first-order valence-corrected chi connectivity index (χ1v) is 5.82. The molecule has 0 amide bonds. The zero-order valence-electron chi connectivity index (χ0n) is 9.12. The summed E-state index contributed by atoms with van der Waals surface area (Å²) in [7, 11) is 0. The SMILES string of the molecule is O/C=C/CCCCCCCCCCO. The fraction of sp³-hybridized carbons (Fsp3) is 0.833. The fourth-order valence-corrected chi connectivity index (χ4v) is 1.51. The molecule has 0 aromatic heterocycles. The van der Waals surface area contributed by atoms with Crippen LogP contribution in [0.4, 0.5) is 0 Å². The molecule has 0 aliphatic carbocycles. The van der Waals surface area contributed by atoms with Crippen molar-refractivity contribution in [2.75, 3.05) is 6.61 Å². The number of allylic oxidation sites excluding steroid dienone is 1. The van der Waals surface area contributed by atoms with E-state index in [1.165, 1.54) is 44.9 Å². The van der Waals surface area contributed by atoms with Crippen LogP contribution in [0.25, 0.3) is 0 Å². The van der Waals surface area contributed by atoms with Crippen molar-refractivity contribution < 1.29 is 10.2 Å². The molecular weight excluding hydrogens is 176 g/mol. The number of unbranched alkanes of at least 4 members (excludes halogenated alkanes) is 8. The van der Waals surface area contributed by atoms with Crippen LogP contribution in [0.3, 0.4) is 0 Å². The third-order valence-corrected chi connectivity index (χ3v) is 2.38. The predicted molar refractivity (Wildman–Crippen MR) is 60.4 cm³/mol. The minimum Gasteiger partial charge on any atom is -0.516 e. The molecule has 0 heterocycles. The molecule has 0 aliphatic rings. The van der Waals surface area contributed by atoms with Gasteiger partial charge in [-0.2, -0.15) is 0 Å². The van der Waals surface area contributed by atoms with Crippen LogP contribution in [0.1, 0.15) is 57.8 Å². The summed E-state index contributed by atoms with van der Waals surface area (Å²) in [5.74, 6) is 0. The first kappa shape index (κ1) is 13.5. The monoisotopic (exact) mass is 200 g/mol. The third kappa shape index (κ3) is 11.5. The number of hydrogen-bond donors (Lipinski definition) is 2. The minimum atomic E-state index is 0.341. The van der Waals surface area contributed by atoms with Crippen molar-refractivity contribution in [3.63, 3.8) is 0 Å². The standard InChI is InChI=1S/C12H24O2/c13-11-9-7-5-3-1-2-4-6-8-10-12-14/h9,11,13-14H,1-8,10,12H2/b11-9+. The van der Waals surface area contributed by atoms with Crippen molar-refractivity contribution in [2.45, 2.75) is 57.8 Å². The molecule has 0 bridgehead atoms. The Balaban J connectivity index is 2.85. The summed E-state index contributed by atoms with van der Waals surface area (Å²) < 4.78 is 0. The summed E-state index contributed by atoms with van der Waals surface area (Å²) in [5.41, 5.74) is 0. The van der Waals surface area contributed by atoms with Crippen LogP contribution in [-0.2, 0) is 0 Å². The Kier molecular flexibility index (Phi) is 12.1. The van der Waals surface area contributed by atoms with Gasteiger partial charge in [0.2, 0.25) is 0 Å². The highest BCUT2D eigenvalue weighted by atomic mass is 16.3. The van der Waals surface area contributed by atoms with E-state index in [0.717, 1.165) is 19.1 Å². The lowest BCUT2D eigenvalue weighted by molar-refractivity contribution is 0.282. The van der Waals surface area contributed by atoms with E-state index in [0.29, 0.717) is 6.61 Å². The van der Waals surface area contributed by atoms with Crippen LogP contribution < -0.4 is 0 Å². The first-order chi connectivity index (χ1) is 6.91. The van der Waals surface area contributed by atoms with E-state index in [4.69, 9.17) is 10.2 Å². The van der Waals surface area contributed by atoms with Gasteiger partial charge >= 0.3 is 0 Å². The summed E-state index contributed by atoms with van der Waals surface area (Å²) in [6.07, 6.45) is 13.7. The Bertz CT molecular complexity index is 121. The van der Waals surface area contributed by atoms with Crippen molar-refractivity contribution in [1.82, 2.24) is 0 Å². The molecule has 0 saturated carbocycles. The van der Waals surface area contributed by atoms with Crippen molar-refractivity contribution >= 4 is 0 Å². The Morgan fingerprint density at radius 2 is 1.21 bits per heavy atom. The molecule has 0 aliphatic heterocycles. The van der Waals surface area contributed by atoms with E-state index in [1.54, 1.807) is 6.08 Å². The summed E-state index contributed by atoms with van der Waals surface area (Å²) in [6.45, 7) is 0.341. The van der Waals surface area contributed by atoms with Gasteiger partial charge in [-0.1, -0.05) is 44.6 Å². The highest BCUT2D eigenvalue weighted by molar-refractivity contribution is 4.70. The smallest absolute Gasteiger partial charge is 0.0751 e. The van der Waals surface area contributed by atoms with E-state index in [9.17, 15) is 0 Å². The fourth-order valence-electron chi connectivity index (χ4n) is 1.51. The van der Waals surface area contributed by atoms with Crippen LogP contribution in [0, 0.1) is 0 Å². The van der Waals surface area contributed by atoms with Gasteiger partial charge < -0.3 is 10.2 Å². The van der Waals surface area contributed by atoms with Gasteiger partial charge in [0.25, 0.3) is 0 Å². The zero-order valence-corrected chi connectivity index (χ0v) is 9.12. The van der Waals surface area contributed by atoms with E-state index in [2.05, 4.69) is 0 Å². The maximum Gasteiger partial charge on any atom is 0.0751 e. The molecule has 0 radical (unpaired) electrons. The van der Waals surface area contributed by atoms with Crippen LogP contribution in [0.15, 0.2) is 12.3 Å². The molecule has 0 aromatic carbocycles. The average Bonchev–Trinajstić information content (AvgIpc) is 2.21. The topological polar surface area (TPSA) is 40.5 Å². The molecule has 2 nitrogen and oxygen atoms in total. The van der Waals surface area contributed by atoms with Crippen LogP contribution >= 0.6 is 0 Å². The van der Waals surface area contributed by atoms with Gasteiger partial charge in [-0.15, -0.1) is 0 Å². The maximum absolute atomic E-state index is 8.56. The Morgan fingerprint density at radius 3 is 1.71 bits per heavy atom. The predicted octanol–water partition coefficient (Wildman–Crippen LogP) is 3.56. The molecule has 0 saturated heterocycles. The molecule has 2 N–H and O–H groups in total. The van der Waals surface area contributed by atoms with Crippen LogP contribution in [-0.4, -0.2) is 16.8 Å².